The van der Waals surface area contributed by atoms with Crippen LogP contribution in [0.3, 0.4) is 0 Å². The fourth-order valence-electron chi connectivity index (χ4n) is 2.69. The lowest BCUT2D eigenvalue weighted by molar-refractivity contribution is 0.100. The van der Waals surface area contributed by atoms with E-state index in [9.17, 15) is 4.79 Å². The van der Waals surface area contributed by atoms with Crippen molar-refractivity contribution in [3.05, 3.63) is 66.0 Å². The molecule has 0 bridgehead atoms. The van der Waals surface area contributed by atoms with Crippen LogP contribution in [0.2, 0.25) is 0 Å². The third-order valence-corrected chi connectivity index (χ3v) is 3.73. The second-order valence-electron chi connectivity index (χ2n) is 5.17. The molecule has 110 valence electrons. The molecular weight excluding hydrogens is 274 g/mol. The van der Waals surface area contributed by atoms with E-state index >= 15 is 0 Å². The minimum atomic E-state index is -0.417. The zero-order chi connectivity index (χ0) is 15.5. The van der Waals surface area contributed by atoms with Gasteiger partial charge in [0.1, 0.15) is 0 Å². The average Bonchev–Trinajstić information content (AvgIpc) is 2.55. The van der Waals surface area contributed by atoms with Crippen molar-refractivity contribution in [2.75, 3.05) is 7.05 Å². The van der Waals surface area contributed by atoms with Gasteiger partial charge in [0.05, 0.1) is 0 Å². The molecule has 4 nitrogen and oxygen atoms in total. The molecule has 0 unspecified atom stereocenters. The number of pyridine rings is 1. The zero-order valence-corrected chi connectivity index (χ0v) is 12.3. The van der Waals surface area contributed by atoms with Crippen LogP contribution < -0.4 is 11.1 Å². The summed E-state index contributed by atoms with van der Waals surface area (Å²) in [6, 6.07) is 13.6. The summed E-state index contributed by atoms with van der Waals surface area (Å²) >= 11 is 0. The number of aromatic nitrogens is 1. The van der Waals surface area contributed by atoms with E-state index in [4.69, 9.17) is 5.73 Å². The standard InChI is InChI=1S/C18H17N3O/c1-20-10-14-5-6-15(16-7-8-21-11-17(14)16)12-3-2-4-13(9-12)18(19)22/h2-9,11,20H,10H2,1H3,(H2,19,22). The maximum atomic E-state index is 11.4. The number of carbonyl (C=O) groups excluding carboxylic acids is 1. The Morgan fingerprint density at radius 1 is 1.18 bits per heavy atom. The molecule has 22 heavy (non-hydrogen) atoms. The summed E-state index contributed by atoms with van der Waals surface area (Å²) in [6.07, 6.45) is 3.66. The quantitative estimate of drug-likeness (QED) is 0.776. The van der Waals surface area contributed by atoms with Crippen LogP contribution in [-0.2, 0) is 6.54 Å². The first-order chi connectivity index (χ1) is 10.7. The highest BCUT2D eigenvalue weighted by molar-refractivity contribution is 6.00. The molecule has 2 aromatic carbocycles. The minimum absolute atomic E-state index is 0.417. The van der Waals surface area contributed by atoms with E-state index in [-0.39, 0.29) is 0 Å². The minimum Gasteiger partial charge on any atom is -0.366 e. The number of benzene rings is 2. The lowest BCUT2D eigenvalue weighted by Gasteiger charge is -2.11. The highest BCUT2D eigenvalue weighted by Crippen LogP contribution is 2.30. The number of nitrogens with zero attached hydrogens (tertiary/aromatic N) is 1. The highest BCUT2D eigenvalue weighted by atomic mass is 16.1. The average molecular weight is 291 g/mol. The molecule has 3 N–H and O–H groups in total. The van der Waals surface area contributed by atoms with Crippen LogP contribution in [0.25, 0.3) is 21.9 Å². The van der Waals surface area contributed by atoms with Gasteiger partial charge >= 0.3 is 0 Å². The van der Waals surface area contributed by atoms with Gasteiger partial charge in [-0.25, -0.2) is 0 Å². The number of fused-ring (bicyclic) bond motifs is 1. The summed E-state index contributed by atoms with van der Waals surface area (Å²) < 4.78 is 0. The van der Waals surface area contributed by atoms with E-state index in [0.717, 1.165) is 28.4 Å². The summed E-state index contributed by atoms with van der Waals surface area (Å²) in [5, 5.41) is 5.40. The second kappa shape index (κ2) is 5.95. The number of carbonyl (C=O) groups is 1. The van der Waals surface area contributed by atoms with E-state index < -0.39 is 5.91 Å². The molecule has 0 aliphatic carbocycles. The summed E-state index contributed by atoms with van der Waals surface area (Å²) in [4.78, 5) is 15.6. The number of rotatable bonds is 4. The third-order valence-electron chi connectivity index (χ3n) is 3.73. The molecular formula is C18H17N3O. The van der Waals surface area contributed by atoms with E-state index in [1.165, 1.54) is 5.56 Å². The monoisotopic (exact) mass is 291 g/mol. The number of amides is 1. The van der Waals surface area contributed by atoms with Crippen molar-refractivity contribution < 1.29 is 4.79 Å². The topological polar surface area (TPSA) is 68.0 Å². The van der Waals surface area contributed by atoms with Crippen LogP contribution in [0.15, 0.2) is 54.9 Å². The summed E-state index contributed by atoms with van der Waals surface area (Å²) in [7, 11) is 1.92. The van der Waals surface area contributed by atoms with Gasteiger partial charge in [0, 0.05) is 29.9 Å². The van der Waals surface area contributed by atoms with Crippen molar-refractivity contribution in [2.24, 2.45) is 5.73 Å². The summed E-state index contributed by atoms with van der Waals surface area (Å²) in [5.41, 5.74) is 9.13. The molecule has 0 aliphatic rings. The Kier molecular flexibility index (Phi) is 3.85. The Morgan fingerprint density at radius 3 is 2.82 bits per heavy atom. The molecule has 0 atom stereocenters. The van der Waals surface area contributed by atoms with Gasteiger partial charge in [-0.05, 0) is 47.3 Å². The Bertz CT molecular complexity index is 843. The van der Waals surface area contributed by atoms with Crippen LogP contribution >= 0.6 is 0 Å². The number of nitrogens with one attached hydrogen (secondary N) is 1. The third kappa shape index (κ3) is 2.56. The molecule has 0 saturated carbocycles. The van der Waals surface area contributed by atoms with E-state index in [1.54, 1.807) is 12.3 Å². The van der Waals surface area contributed by atoms with Crippen LogP contribution in [0.4, 0.5) is 0 Å². The SMILES string of the molecule is CNCc1ccc(-c2cccc(C(N)=O)c2)c2ccncc12. The van der Waals surface area contributed by atoms with Gasteiger partial charge in [-0.1, -0.05) is 24.3 Å². The van der Waals surface area contributed by atoms with E-state index in [0.29, 0.717) is 5.56 Å². The fraction of sp³-hybridized carbons (Fsp3) is 0.111. The predicted octanol–water partition coefficient (Wildman–Crippen LogP) is 2.72. The Balaban J connectivity index is 2.22. The maximum absolute atomic E-state index is 11.4. The van der Waals surface area contributed by atoms with Crippen molar-refractivity contribution in [1.29, 1.82) is 0 Å². The fourth-order valence-corrected chi connectivity index (χ4v) is 2.69. The molecule has 0 fully saturated rings. The Labute approximate surface area is 129 Å². The number of nitrogens with two attached hydrogens (primary N) is 1. The van der Waals surface area contributed by atoms with Crippen molar-refractivity contribution in [2.45, 2.75) is 6.54 Å². The summed E-state index contributed by atoms with van der Waals surface area (Å²) in [6.45, 7) is 0.782. The van der Waals surface area contributed by atoms with E-state index in [1.807, 2.05) is 37.5 Å². The highest BCUT2D eigenvalue weighted by Gasteiger charge is 2.09. The first-order valence-electron chi connectivity index (χ1n) is 7.11. The summed E-state index contributed by atoms with van der Waals surface area (Å²) in [5.74, 6) is -0.417. The molecule has 0 saturated heterocycles. The van der Waals surface area contributed by atoms with Crippen LogP contribution in [0, 0.1) is 0 Å². The lowest BCUT2D eigenvalue weighted by atomic mass is 9.95. The normalized spacial score (nSPS) is 10.8. The van der Waals surface area contributed by atoms with Gasteiger partial charge in [-0.3, -0.25) is 9.78 Å². The molecule has 1 amide bonds. The predicted molar refractivity (Wildman–Crippen MR) is 88.5 cm³/mol. The molecule has 0 radical (unpaired) electrons. The van der Waals surface area contributed by atoms with Crippen molar-refractivity contribution in [1.82, 2.24) is 10.3 Å². The van der Waals surface area contributed by atoms with Gasteiger partial charge in [0.15, 0.2) is 0 Å². The molecule has 3 rings (SSSR count). The Morgan fingerprint density at radius 2 is 2.05 bits per heavy atom. The maximum Gasteiger partial charge on any atom is 0.248 e. The number of hydrogen-bond acceptors (Lipinski definition) is 3. The van der Waals surface area contributed by atoms with Crippen molar-refractivity contribution in [3.63, 3.8) is 0 Å². The van der Waals surface area contributed by atoms with Gasteiger partial charge in [0.2, 0.25) is 5.91 Å². The first kappa shape index (κ1) is 14.2. The Hall–Kier alpha value is -2.72. The van der Waals surface area contributed by atoms with Gasteiger partial charge in [-0.15, -0.1) is 0 Å². The second-order valence-corrected chi connectivity index (χ2v) is 5.17. The molecule has 3 aromatic rings. The van der Waals surface area contributed by atoms with Crippen LogP contribution in [-0.4, -0.2) is 17.9 Å². The van der Waals surface area contributed by atoms with Crippen molar-refractivity contribution in [3.8, 4) is 11.1 Å². The first-order valence-corrected chi connectivity index (χ1v) is 7.11. The zero-order valence-electron chi connectivity index (χ0n) is 12.3. The molecule has 0 spiro atoms. The number of primary amides is 1. The number of hydrogen-bond donors (Lipinski definition) is 2. The molecule has 4 heteroatoms. The van der Waals surface area contributed by atoms with Crippen molar-refractivity contribution >= 4 is 16.7 Å². The molecule has 1 aromatic heterocycles. The van der Waals surface area contributed by atoms with Gasteiger partial charge < -0.3 is 11.1 Å². The van der Waals surface area contributed by atoms with E-state index in [2.05, 4.69) is 22.4 Å². The van der Waals surface area contributed by atoms with Crippen LogP contribution in [0.1, 0.15) is 15.9 Å². The van der Waals surface area contributed by atoms with Gasteiger partial charge in [-0.2, -0.15) is 0 Å². The van der Waals surface area contributed by atoms with Gasteiger partial charge in [0.25, 0.3) is 0 Å². The lowest BCUT2D eigenvalue weighted by Crippen LogP contribution is -2.10. The van der Waals surface area contributed by atoms with Crippen LogP contribution in [0.5, 0.6) is 0 Å². The largest absolute Gasteiger partial charge is 0.366 e. The molecule has 1 heterocycles. The smallest absolute Gasteiger partial charge is 0.248 e. The molecule has 0 aliphatic heterocycles.